The maximum atomic E-state index is 4.01. The van der Waals surface area contributed by atoms with E-state index in [1.165, 1.54) is 0 Å². The number of rotatable bonds is 8. The fraction of sp³-hybridized carbons (Fsp3) is 1.00. The molecule has 0 aliphatic rings. The first-order chi connectivity index (χ1) is 9.45. The van der Waals surface area contributed by atoms with Crippen molar-refractivity contribution in [1.29, 1.82) is 0 Å². The molecule has 0 unspecified atom stereocenters. The molecule has 4 nitrogen and oxygen atoms in total. The topological polar surface area (TPSA) is 30.5 Å². The van der Waals surface area contributed by atoms with Gasteiger partial charge in [-0.05, 0) is 67.7 Å². The minimum absolute atomic E-state index is 0.0790. The van der Waals surface area contributed by atoms with Gasteiger partial charge in [0.1, 0.15) is 0 Å². The molecule has 128 valence electrons. The summed E-state index contributed by atoms with van der Waals surface area (Å²) in [5.74, 6) is 0. The van der Waals surface area contributed by atoms with Crippen molar-refractivity contribution in [3.05, 3.63) is 0 Å². The van der Waals surface area contributed by atoms with Crippen LogP contribution in [0.15, 0.2) is 0 Å². The van der Waals surface area contributed by atoms with Gasteiger partial charge in [0.2, 0.25) is 0 Å². The van der Waals surface area contributed by atoms with E-state index in [2.05, 4.69) is 88.3 Å². The maximum absolute atomic E-state index is 4.01. The molecule has 0 aliphatic carbocycles. The van der Waals surface area contributed by atoms with Gasteiger partial charge in [-0.1, -0.05) is 27.7 Å². The Hall–Kier alpha value is 0.0569. The van der Waals surface area contributed by atoms with Crippen LogP contribution in [-0.2, 0) is 0 Å². The number of nitrogens with zero attached hydrogens (tertiary/aromatic N) is 2. The van der Waals surface area contributed by atoms with E-state index in [0.717, 1.165) is 26.2 Å². The van der Waals surface area contributed by atoms with E-state index < -0.39 is 8.72 Å². The Morgan fingerprint density at radius 1 is 0.619 bits per heavy atom. The van der Waals surface area contributed by atoms with Crippen molar-refractivity contribution in [2.24, 2.45) is 0 Å². The molecule has 0 aliphatic heterocycles. The lowest BCUT2D eigenvalue weighted by Crippen LogP contribution is -2.86. The van der Waals surface area contributed by atoms with Gasteiger partial charge in [-0.3, -0.25) is 19.1 Å². The summed E-state index contributed by atoms with van der Waals surface area (Å²) in [5, 5.41) is 0. The highest BCUT2D eigenvalue weighted by Gasteiger charge is 2.49. The van der Waals surface area contributed by atoms with E-state index in [-0.39, 0.29) is 11.1 Å². The van der Waals surface area contributed by atoms with Crippen LogP contribution >= 0.6 is 0 Å². The molecule has 0 rings (SSSR count). The lowest BCUT2D eigenvalue weighted by atomic mass is 10.1. The van der Waals surface area contributed by atoms with Crippen molar-refractivity contribution >= 4 is 8.72 Å². The molecule has 0 spiro atoms. The van der Waals surface area contributed by atoms with Crippen LogP contribution < -0.4 is 9.96 Å². The summed E-state index contributed by atoms with van der Waals surface area (Å²) in [6.45, 7) is 26.9. The van der Waals surface area contributed by atoms with Crippen LogP contribution in [0, 0.1) is 0 Å². The zero-order valence-corrected chi connectivity index (χ0v) is 17.2. The normalized spacial score (nSPS) is 14.3. The van der Waals surface area contributed by atoms with Crippen LogP contribution in [0.5, 0.6) is 0 Å². The average Bonchev–Trinajstić information content (AvgIpc) is 2.27. The van der Waals surface area contributed by atoms with Crippen LogP contribution in [0.1, 0.15) is 69.2 Å². The van der Waals surface area contributed by atoms with Crippen LogP contribution in [0.25, 0.3) is 0 Å². The quantitative estimate of drug-likeness (QED) is 0.674. The monoisotopic (exact) mass is 316 g/mol. The molecule has 0 aromatic rings. The summed E-state index contributed by atoms with van der Waals surface area (Å²) in [7, 11) is -2.16. The molecule has 0 bridgehead atoms. The molecular weight excluding hydrogens is 276 g/mol. The Morgan fingerprint density at radius 2 is 0.857 bits per heavy atom. The first-order valence-electron chi connectivity index (χ1n) is 8.54. The molecule has 0 amide bonds. The van der Waals surface area contributed by atoms with Gasteiger partial charge in [0.05, 0.1) is 0 Å². The Bertz CT molecular complexity index is 256. The molecule has 5 heteroatoms. The van der Waals surface area contributed by atoms with E-state index >= 15 is 0 Å². The molecule has 0 heterocycles. The van der Waals surface area contributed by atoms with Gasteiger partial charge in [-0.25, -0.2) is 0 Å². The summed E-state index contributed by atoms with van der Waals surface area (Å²) in [6, 6.07) is 0. The molecule has 0 saturated carbocycles. The third-order valence-corrected chi connectivity index (χ3v) is 8.83. The fourth-order valence-electron chi connectivity index (χ4n) is 2.96. The lowest BCUT2D eigenvalue weighted by molar-refractivity contribution is 0.278. The lowest BCUT2D eigenvalue weighted by Gasteiger charge is -2.53. The zero-order valence-electron chi connectivity index (χ0n) is 16.2. The van der Waals surface area contributed by atoms with Crippen molar-refractivity contribution in [1.82, 2.24) is 19.1 Å². The molecule has 0 aromatic heterocycles. The van der Waals surface area contributed by atoms with Gasteiger partial charge >= 0.3 is 8.72 Å². The molecule has 0 atom stereocenters. The molecule has 0 saturated heterocycles. The smallest absolute Gasteiger partial charge is 0.296 e. The predicted molar refractivity (Wildman–Crippen MR) is 97.4 cm³/mol. The second kappa shape index (κ2) is 8.06. The summed E-state index contributed by atoms with van der Waals surface area (Å²) in [6.07, 6.45) is 0. The first kappa shape index (κ1) is 21.1. The second-order valence-electron chi connectivity index (χ2n) is 7.77. The Kier molecular flexibility index (Phi) is 8.08. The Balaban J connectivity index is 5.91. The van der Waals surface area contributed by atoms with Crippen molar-refractivity contribution in [3.63, 3.8) is 0 Å². The van der Waals surface area contributed by atoms with E-state index in [0.29, 0.717) is 0 Å². The summed E-state index contributed by atoms with van der Waals surface area (Å²) in [5.41, 5.74) is 0.158. The first-order valence-corrected chi connectivity index (χ1v) is 10.4. The van der Waals surface area contributed by atoms with E-state index in [4.69, 9.17) is 0 Å². The molecule has 0 aromatic carbocycles. The van der Waals surface area contributed by atoms with Gasteiger partial charge in [-0.2, -0.15) is 0 Å². The Labute approximate surface area is 135 Å². The number of hydrogen-bond acceptors (Lipinski definition) is 4. The number of nitrogens with one attached hydrogen (secondary N) is 2. The highest BCUT2D eigenvalue weighted by molar-refractivity contribution is 6.69. The summed E-state index contributed by atoms with van der Waals surface area (Å²) < 4.78 is 5.24. The van der Waals surface area contributed by atoms with Crippen molar-refractivity contribution < 1.29 is 0 Å². The van der Waals surface area contributed by atoms with Gasteiger partial charge in [0, 0.05) is 11.1 Å². The number of hydrogen-bond donors (Lipinski definition) is 2. The fourth-order valence-corrected chi connectivity index (χ4v) is 7.97. The second-order valence-corrected chi connectivity index (χ2v) is 10.9. The third kappa shape index (κ3) is 6.36. The van der Waals surface area contributed by atoms with Crippen molar-refractivity contribution in [2.45, 2.75) is 80.3 Å². The maximum Gasteiger partial charge on any atom is 0.372 e. The van der Waals surface area contributed by atoms with Gasteiger partial charge in [0.25, 0.3) is 0 Å². The SMILES string of the molecule is CCN(CC)[Si](NC(C)(C)C)(NC(C)(C)C)N(CC)CC. The molecular formula is C16H40N4Si. The van der Waals surface area contributed by atoms with Crippen LogP contribution in [0.2, 0.25) is 0 Å². The van der Waals surface area contributed by atoms with Crippen LogP contribution in [0.3, 0.4) is 0 Å². The van der Waals surface area contributed by atoms with E-state index in [1.807, 2.05) is 0 Å². The van der Waals surface area contributed by atoms with Crippen molar-refractivity contribution in [2.75, 3.05) is 26.2 Å². The Morgan fingerprint density at radius 3 is 1.00 bits per heavy atom. The third-order valence-electron chi connectivity index (χ3n) is 3.54. The summed E-state index contributed by atoms with van der Waals surface area (Å²) in [4.78, 5) is 8.02. The average molecular weight is 317 g/mol. The van der Waals surface area contributed by atoms with Gasteiger partial charge in [0.15, 0.2) is 0 Å². The predicted octanol–water partition coefficient (Wildman–Crippen LogP) is 2.88. The highest BCUT2D eigenvalue weighted by Crippen LogP contribution is 2.18. The van der Waals surface area contributed by atoms with Crippen molar-refractivity contribution in [3.8, 4) is 0 Å². The van der Waals surface area contributed by atoms with E-state index in [9.17, 15) is 0 Å². The van der Waals surface area contributed by atoms with Crippen LogP contribution in [0.4, 0.5) is 0 Å². The minimum Gasteiger partial charge on any atom is -0.296 e. The summed E-state index contributed by atoms with van der Waals surface area (Å²) >= 11 is 0. The van der Waals surface area contributed by atoms with Gasteiger partial charge in [-0.15, -0.1) is 0 Å². The molecule has 0 fully saturated rings. The van der Waals surface area contributed by atoms with E-state index in [1.54, 1.807) is 0 Å². The molecule has 21 heavy (non-hydrogen) atoms. The minimum atomic E-state index is -2.16. The standard InChI is InChI=1S/C16H40N4Si/c1-11-19(12-2)21(17-15(5,6)7,18-16(8,9)10)20(13-3)14-4/h17-18H,11-14H2,1-10H3. The highest BCUT2D eigenvalue weighted by atomic mass is 28.4. The zero-order chi connectivity index (χ0) is 16.9. The molecule has 0 radical (unpaired) electrons. The largest absolute Gasteiger partial charge is 0.372 e. The van der Waals surface area contributed by atoms with Crippen LogP contribution in [-0.4, -0.2) is 55.1 Å². The molecule has 2 N–H and O–H groups in total. The van der Waals surface area contributed by atoms with Gasteiger partial charge < -0.3 is 0 Å².